The van der Waals surface area contributed by atoms with Gasteiger partial charge in [-0.15, -0.1) is 0 Å². The number of rotatable bonds is 6. The highest BCUT2D eigenvalue weighted by atomic mass is 32.2. The summed E-state index contributed by atoms with van der Waals surface area (Å²) in [5.74, 6) is -3.02. The Bertz CT molecular complexity index is 734. The topological polar surface area (TPSA) is 66.5 Å². The number of nitrogens with zero attached hydrogens (tertiary/aromatic N) is 1. The third-order valence-corrected chi connectivity index (χ3v) is 5.92. The number of fused-ring (bicyclic) bond motifs is 1. The third kappa shape index (κ3) is 4.00. The molecule has 1 aliphatic heterocycles. The number of likely N-dealkylation sites (tertiary alicyclic amines) is 1. The molecule has 3 amide bonds. The molecular weight excluding hydrogens is 374 g/mol. The molecule has 2 fully saturated rings. The summed E-state index contributed by atoms with van der Waals surface area (Å²) in [4.78, 5) is 39.5. The first-order chi connectivity index (χ1) is 12.9. The Kier molecular flexibility index (Phi) is 6.14. The SMILES string of the molecule is CSCCC(C(=O)Nc1ccc(F)cc1F)N1C(=O)C2CCCCC2C1=O. The summed E-state index contributed by atoms with van der Waals surface area (Å²) in [5.41, 5.74) is -0.174. The maximum atomic E-state index is 13.9. The Labute approximate surface area is 160 Å². The Morgan fingerprint density at radius 2 is 1.85 bits per heavy atom. The van der Waals surface area contributed by atoms with Crippen LogP contribution in [0.3, 0.4) is 0 Å². The van der Waals surface area contributed by atoms with E-state index in [4.69, 9.17) is 0 Å². The number of hydrogen-bond donors (Lipinski definition) is 1. The number of halogens is 2. The van der Waals surface area contributed by atoms with Gasteiger partial charge in [-0.1, -0.05) is 12.8 Å². The molecule has 1 saturated heterocycles. The normalized spacial score (nSPS) is 23.3. The number of imide groups is 1. The van der Waals surface area contributed by atoms with Crippen LogP contribution in [-0.4, -0.2) is 40.7 Å². The van der Waals surface area contributed by atoms with Gasteiger partial charge in [0.1, 0.15) is 17.7 Å². The molecule has 0 bridgehead atoms. The lowest BCUT2D eigenvalue weighted by atomic mass is 9.81. The Morgan fingerprint density at radius 1 is 1.22 bits per heavy atom. The summed E-state index contributed by atoms with van der Waals surface area (Å²) < 4.78 is 27.0. The van der Waals surface area contributed by atoms with E-state index < -0.39 is 23.6 Å². The predicted octanol–water partition coefficient (Wildman–Crippen LogP) is 3.20. The maximum Gasteiger partial charge on any atom is 0.247 e. The fraction of sp³-hybridized carbons (Fsp3) is 0.526. The molecule has 3 rings (SSSR count). The second-order valence-electron chi connectivity index (χ2n) is 6.95. The summed E-state index contributed by atoms with van der Waals surface area (Å²) in [6, 6.07) is 1.85. The number of carbonyl (C=O) groups is 3. The van der Waals surface area contributed by atoms with Crippen LogP contribution in [0.2, 0.25) is 0 Å². The minimum Gasteiger partial charge on any atom is -0.322 e. The summed E-state index contributed by atoms with van der Waals surface area (Å²) in [6.45, 7) is 0. The van der Waals surface area contributed by atoms with E-state index in [1.807, 2.05) is 6.26 Å². The maximum absolute atomic E-state index is 13.9. The van der Waals surface area contributed by atoms with Gasteiger partial charge >= 0.3 is 0 Å². The van der Waals surface area contributed by atoms with Crippen molar-refractivity contribution in [3.63, 3.8) is 0 Å². The van der Waals surface area contributed by atoms with Gasteiger partial charge in [0.2, 0.25) is 17.7 Å². The number of thioether (sulfide) groups is 1. The number of amides is 3. The molecule has 2 aliphatic rings. The van der Waals surface area contributed by atoms with Crippen molar-refractivity contribution in [1.82, 2.24) is 4.90 Å². The first-order valence-electron chi connectivity index (χ1n) is 9.05. The molecule has 1 aromatic rings. The first kappa shape index (κ1) is 19.8. The highest BCUT2D eigenvalue weighted by Gasteiger charge is 2.51. The van der Waals surface area contributed by atoms with E-state index >= 15 is 0 Å². The van der Waals surface area contributed by atoms with Crippen LogP contribution in [0, 0.1) is 23.5 Å². The van der Waals surface area contributed by atoms with Crippen molar-refractivity contribution in [2.75, 3.05) is 17.3 Å². The Balaban J connectivity index is 1.83. The lowest BCUT2D eigenvalue weighted by Crippen LogP contribution is -2.48. The molecule has 1 heterocycles. The molecule has 3 unspecified atom stereocenters. The van der Waals surface area contributed by atoms with Crippen molar-refractivity contribution in [3.8, 4) is 0 Å². The van der Waals surface area contributed by atoms with E-state index in [0.29, 0.717) is 24.7 Å². The molecule has 0 spiro atoms. The minimum absolute atomic E-state index is 0.174. The van der Waals surface area contributed by atoms with Crippen LogP contribution < -0.4 is 5.32 Å². The van der Waals surface area contributed by atoms with Crippen LogP contribution >= 0.6 is 11.8 Å². The molecule has 8 heteroatoms. The number of benzene rings is 1. The van der Waals surface area contributed by atoms with E-state index in [9.17, 15) is 23.2 Å². The highest BCUT2D eigenvalue weighted by Crippen LogP contribution is 2.39. The summed E-state index contributed by atoms with van der Waals surface area (Å²) in [6.07, 6.45) is 5.27. The van der Waals surface area contributed by atoms with Gasteiger partial charge < -0.3 is 5.32 Å². The van der Waals surface area contributed by atoms with Crippen molar-refractivity contribution >= 4 is 35.2 Å². The monoisotopic (exact) mass is 396 g/mol. The van der Waals surface area contributed by atoms with Crippen molar-refractivity contribution in [3.05, 3.63) is 29.8 Å². The quantitative estimate of drug-likeness (QED) is 0.750. The van der Waals surface area contributed by atoms with Crippen molar-refractivity contribution in [1.29, 1.82) is 0 Å². The molecule has 1 aromatic carbocycles. The molecule has 3 atom stereocenters. The van der Waals surface area contributed by atoms with Crippen LogP contribution in [0.1, 0.15) is 32.1 Å². The molecule has 1 N–H and O–H groups in total. The molecule has 0 aromatic heterocycles. The van der Waals surface area contributed by atoms with Gasteiger partial charge in [-0.05, 0) is 43.4 Å². The Morgan fingerprint density at radius 3 is 2.41 bits per heavy atom. The predicted molar refractivity (Wildman–Crippen MR) is 99.1 cm³/mol. The van der Waals surface area contributed by atoms with Gasteiger partial charge in [0.25, 0.3) is 0 Å². The van der Waals surface area contributed by atoms with E-state index in [0.717, 1.165) is 29.9 Å². The van der Waals surface area contributed by atoms with Gasteiger partial charge in [-0.25, -0.2) is 8.78 Å². The third-order valence-electron chi connectivity index (χ3n) is 5.27. The summed E-state index contributed by atoms with van der Waals surface area (Å²) in [7, 11) is 0. The average molecular weight is 396 g/mol. The second kappa shape index (κ2) is 8.37. The highest BCUT2D eigenvalue weighted by molar-refractivity contribution is 7.98. The smallest absolute Gasteiger partial charge is 0.247 e. The van der Waals surface area contributed by atoms with Gasteiger partial charge in [-0.2, -0.15) is 11.8 Å². The minimum atomic E-state index is -0.993. The fourth-order valence-electron chi connectivity index (χ4n) is 3.91. The molecule has 146 valence electrons. The van der Waals surface area contributed by atoms with Gasteiger partial charge in [-0.3, -0.25) is 19.3 Å². The number of anilines is 1. The summed E-state index contributed by atoms with van der Waals surface area (Å²) in [5, 5.41) is 2.41. The molecule has 5 nitrogen and oxygen atoms in total. The van der Waals surface area contributed by atoms with Crippen LogP contribution in [-0.2, 0) is 14.4 Å². The van der Waals surface area contributed by atoms with E-state index in [1.165, 1.54) is 11.8 Å². The van der Waals surface area contributed by atoms with Crippen molar-refractivity contribution in [2.24, 2.45) is 11.8 Å². The van der Waals surface area contributed by atoms with Crippen LogP contribution in [0.15, 0.2) is 18.2 Å². The first-order valence-corrected chi connectivity index (χ1v) is 10.4. The van der Waals surface area contributed by atoms with Gasteiger partial charge in [0, 0.05) is 6.07 Å². The van der Waals surface area contributed by atoms with Crippen molar-refractivity contribution in [2.45, 2.75) is 38.1 Å². The van der Waals surface area contributed by atoms with Crippen molar-refractivity contribution < 1.29 is 23.2 Å². The molecule has 27 heavy (non-hydrogen) atoms. The molecule has 1 saturated carbocycles. The zero-order chi connectivity index (χ0) is 19.6. The zero-order valence-corrected chi connectivity index (χ0v) is 15.9. The lowest BCUT2D eigenvalue weighted by Gasteiger charge is -2.26. The largest absolute Gasteiger partial charge is 0.322 e. The fourth-order valence-corrected chi connectivity index (χ4v) is 4.37. The van der Waals surface area contributed by atoms with Crippen LogP contribution in [0.25, 0.3) is 0 Å². The summed E-state index contributed by atoms with van der Waals surface area (Å²) >= 11 is 1.49. The molecule has 0 radical (unpaired) electrons. The van der Waals surface area contributed by atoms with E-state index in [-0.39, 0.29) is 35.8 Å². The van der Waals surface area contributed by atoms with E-state index in [2.05, 4.69) is 5.32 Å². The standard InChI is InChI=1S/C19H22F2N2O3S/c1-27-9-8-16(17(24)22-15-7-6-11(20)10-14(15)21)23-18(25)12-4-2-3-5-13(12)19(23)26/h6-7,10,12-13,16H,2-5,8-9H2,1H3,(H,22,24). The number of hydrogen-bond acceptors (Lipinski definition) is 4. The van der Waals surface area contributed by atoms with Gasteiger partial charge in [0.05, 0.1) is 17.5 Å². The zero-order valence-electron chi connectivity index (χ0n) is 15.0. The number of carbonyl (C=O) groups excluding carboxylic acids is 3. The molecular formula is C19H22F2N2O3S. The second-order valence-corrected chi connectivity index (χ2v) is 7.94. The lowest BCUT2D eigenvalue weighted by molar-refractivity contribution is -0.146. The van der Waals surface area contributed by atoms with E-state index in [1.54, 1.807) is 0 Å². The molecule has 1 aliphatic carbocycles. The van der Waals surface area contributed by atoms with Crippen LogP contribution in [0.4, 0.5) is 14.5 Å². The number of nitrogens with one attached hydrogen (secondary N) is 1. The average Bonchev–Trinajstić information content (AvgIpc) is 2.90. The Hall–Kier alpha value is -1.96. The van der Waals surface area contributed by atoms with Crippen LogP contribution in [0.5, 0.6) is 0 Å². The van der Waals surface area contributed by atoms with Gasteiger partial charge in [0.15, 0.2) is 0 Å².